The highest BCUT2D eigenvalue weighted by molar-refractivity contribution is 7.99. The van der Waals surface area contributed by atoms with Gasteiger partial charge in [-0.3, -0.25) is 4.79 Å². The lowest BCUT2D eigenvalue weighted by molar-refractivity contribution is -0.129. The Morgan fingerprint density at radius 2 is 1.94 bits per heavy atom. The molecule has 1 saturated heterocycles. The molecular formula is C24H27ClN4OS. The number of hydrogen-bond donors (Lipinski definition) is 0. The standard InChI is InChI=1S/C24H27ClN4OS/c1-3-28-23(20-12-6-4-9-17(20)2)26-27-24(28)31-16-22(30)29-14-8-11-19(29)15-18-10-5-7-13-21(18)25/h4-7,9-10,12-13,19H,3,8,11,14-16H2,1-2H3. The van der Waals surface area contributed by atoms with Gasteiger partial charge >= 0.3 is 0 Å². The first-order valence-corrected chi connectivity index (χ1v) is 12.1. The van der Waals surface area contributed by atoms with Crippen molar-refractivity contribution in [2.45, 2.75) is 50.9 Å². The molecule has 0 spiro atoms. The molecule has 1 amide bonds. The minimum Gasteiger partial charge on any atom is -0.339 e. The molecule has 3 aromatic rings. The molecule has 0 N–H and O–H groups in total. The SMILES string of the molecule is CCn1c(SCC(=O)N2CCCC2Cc2ccccc2Cl)nnc1-c1ccccc1C. The van der Waals surface area contributed by atoms with Crippen LogP contribution in [-0.4, -0.2) is 43.9 Å². The molecule has 2 aromatic carbocycles. The van der Waals surface area contributed by atoms with Crippen LogP contribution in [0.15, 0.2) is 53.7 Å². The lowest BCUT2D eigenvalue weighted by Crippen LogP contribution is -2.38. The quantitative estimate of drug-likeness (QED) is 0.457. The predicted molar refractivity (Wildman–Crippen MR) is 126 cm³/mol. The zero-order chi connectivity index (χ0) is 21.8. The Bertz CT molecular complexity index is 1070. The van der Waals surface area contributed by atoms with E-state index in [1.807, 2.05) is 35.2 Å². The summed E-state index contributed by atoms with van der Waals surface area (Å²) in [6.45, 7) is 5.72. The third-order valence-corrected chi connectivity index (χ3v) is 7.17. The molecular weight excluding hydrogens is 428 g/mol. The molecule has 1 atom stereocenters. The number of amides is 1. The number of likely N-dealkylation sites (tertiary alicyclic amines) is 1. The molecule has 1 aliphatic rings. The summed E-state index contributed by atoms with van der Waals surface area (Å²) in [5.74, 6) is 1.38. The number of rotatable bonds is 7. The number of aryl methyl sites for hydroxylation is 1. The number of hydrogen-bond acceptors (Lipinski definition) is 4. The molecule has 0 bridgehead atoms. The van der Waals surface area contributed by atoms with E-state index >= 15 is 0 Å². The van der Waals surface area contributed by atoms with Crippen molar-refractivity contribution >= 4 is 29.3 Å². The van der Waals surface area contributed by atoms with Crippen molar-refractivity contribution in [3.8, 4) is 11.4 Å². The number of nitrogens with zero attached hydrogens (tertiary/aromatic N) is 4. The van der Waals surface area contributed by atoms with Gasteiger partial charge in [0.2, 0.25) is 5.91 Å². The zero-order valence-electron chi connectivity index (χ0n) is 17.9. The van der Waals surface area contributed by atoms with E-state index in [1.54, 1.807) is 0 Å². The third kappa shape index (κ3) is 4.80. The van der Waals surface area contributed by atoms with Crippen molar-refractivity contribution < 1.29 is 4.79 Å². The molecule has 31 heavy (non-hydrogen) atoms. The van der Waals surface area contributed by atoms with Gasteiger partial charge in [-0.25, -0.2) is 0 Å². The van der Waals surface area contributed by atoms with Gasteiger partial charge in [0.1, 0.15) is 0 Å². The highest BCUT2D eigenvalue weighted by atomic mass is 35.5. The molecule has 0 radical (unpaired) electrons. The van der Waals surface area contributed by atoms with Gasteiger partial charge in [-0.2, -0.15) is 0 Å². The molecule has 1 aromatic heterocycles. The molecule has 2 heterocycles. The van der Waals surface area contributed by atoms with Crippen LogP contribution < -0.4 is 0 Å². The number of halogens is 1. The maximum absolute atomic E-state index is 13.0. The average Bonchev–Trinajstić information content (AvgIpc) is 3.40. The van der Waals surface area contributed by atoms with Crippen LogP contribution in [0.2, 0.25) is 5.02 Å². The molecule has 0 aliphatic carbocycles. The monoisotopic (exact) mass is 454 g/mol. The average molecular weight is 455 g/mol. The van der Waals surface area contributed by atoms with E-state index < -0.39 is 0 Å². The number of thioether (sulfide) groups is 1. The summed E-state index contributed by atoms with van der Waals surface area (Å²) in [6, 6.07) is 16.3. The molecule has 1 aliphatic heterocycles. The number of carbonyl (C=O) groups is 1. The lowest BCUT2D eigenvalue weighted by Gasteiger charge is -2.25. The van der Waals surface area contributed by atoms with Gasteiger partial charge in [0.05, 0.1) is 5.75 Å². The summed E-state index contributed by atoms with van der Waals surface area (Å²) in [4.78, 5) is 15.1. The van der Waals surface area contributed by atoms with E-state index in [9.17, 15) is 4.79 Å². The van der Waals surface area contributed by atoms with Gasteiger partial charge in [-0.05, 0) is 50.3 Å². The molecule has 1 fully saturated rings. The van der Waals surface area contributed by atoms with Crippen LogP contribution in [0, 0.1) is 6.92 Å². The summed E-state index contributed by atoms with van der Waals surface area (Å²) >= 11 is 7.81. The van der Waals surface area contributed by atoms with Crippen LogP contribution >= 0.6 is 23.4 Å². The molecule has 4 rings (SSSR count). The predicted octanol–water partition coefficient (Wildman–Crippen LogP) is 5.25. The van der Waals surface area contributed by atoms with Crippen molar-refractivity contribution in [2.24, 2.45) is 0 Å². The Morgan fingerprint density at radius 1 is 1.16 bits per heavy atom. The number of carbonyl (C=O) groups excluding carboxylic acids is 1. The Hall–Kier alpha value is -2.31. The minimum absolute atomic E-state index is 0.155. The third-order valence-electron chi connectivity index (χ3n) is 5.85. The highest BCUT2D eigenvalue weighted by Gasteiger charge is 2.29. The summed E-state index contributed by atoms with van der Waals surface area (Å²) in [5, 5.41) is 10.4. The Labute approximate surface area is 192 Å². The van der Waals surface area contributed by atoms with E-state index in [0.717, 1.165) is 65.0 Å². The van der Waals surface area contributed by atoms with Gasteiger partial charge in [0, 0.05) is 29.7 Å². The van der Waals surface area contributed by atoms with E-state index in [-0.39, 0.29) is 11.9 Å². The van der Waals surface area contributed by atoms with Crippen LogP contribution in [0.5, 0.6) is 0 Å². The van der Waals surface area contributed by atoms with Crippen molar-refractivity contribution in [1.29, 1.82) is 0 Å². The second-order valence-electron chi connectivity index (χ2n) is 7.83. The van der Waals surface area contributed by atoms with E-state index in [1.165, 1.54) is 11.8 Å². The van der Waals surface area contributed by atoms with Crippen LogP contribution in [0.4, 0.5) is 0 Å². The Kier molecular flexibility index (Phi) is 6.98. The second-order valence-corrected chi connectivity index (χ2v) is 9.18. The fourth-order valence-electron chi connectivity index (χ4n) is 4.21. The van der Waals surface area contributed by atoms with E-state index in [4.69, 9.17) is 11.6 Å². The maximum atomic E-state index is 13.0. The van der Waals surface area contributed by atoms with Crippen LogP contribution in [0.25, 0.3) is 11.4 Å². The van der Waals surface area contributed by atoms with E-state index in [2.05, 4.69) is 46.8 Å². The Balaban J connectivity index is 1.44. The molecule has 0 saturated carbocycles. The van der Waals surface area contributed by atoms with Crippen LogP contribution in [0.1, 0.15) is 30.9 Å². The van der Waals surface area contributed by atoms with Crippen molar-refractivity contribution in [2.75, 3.05) is 12.3 Å². The summed E-state index contributed by atoms with van der Waals surface area (Å²) < 4.78 is 2.09. The van der Waals surface area contributed by atoms with Gasteiger partial charge in [0.25, 0.3) is 0 Å². The fraction of sp³-hybridized carbons (Fsp3) is 0.375. The van der Waals surface area contributed by atoms with Crippen molar-refractivity contribution in [3.63, 3.8) is 0 Å². The molecule has 5 nitrogen and oxygen atoms in total. The first-order chi connectivity index (χ1) is 15.1. The minimum atomic E-state index is 0.155. The number of aromatic nitrogens is 3. The highest BCUT2D eigenvalue weighted by Crippen LogP contribution is 2.28. The Morgan fingerprint density at radius 3 is 2.71 bits per heavy atom. The van der Waals surface area contributed by atoms with Gasteiger partial charge < -0.3 is 9.47 Å². The van der Waals surface area contributed by atoms with E-state index in [0.29, 0.717) is 5.75 Å². The first kappa shape index (κ1) is 21.9. The molecule has 162 valence electrons. The maximum Gasteiger partial charge on any atom is 0.233 e. The zero-order valence-corrected chi connectivity index (χ0v) is 19.5. The van der Waals surface area contributed by atoms with Crippen LogP contribution in [-0.2, 0) is 17.8 Å². The molecule has 7 heteroatoms. The smallest absolute Gasteiger partial charge is 0.233 e. The largest absolute Gasteiger partial charge is 0.339 e. The van der Waals surface area contributed by atoms with Gasteiger partial charge in [-0.1, -0.05) is 65.8 Å². The van der Waals surface area contributed by atoms with Gasteiger partial charge in [0.15, 0.2) is 11.0 Å². The lowest BCUT2D eigenvalue weighted by atomic mass is 10.0. The second kappa shape index (κ2) is 9.88. The van der Waals surface area contributed by atoms with Crippen molar-refractivity contribution in [1.82, 2.24) is 19.7 Å². The molecule has 1 unspecified atom stereocenters. The number of benzene rings is 2. The summed E-state index contributed by atoms with van der Waals surface area (Å²) in [5.41, 5.74) is 3.35. The fourth-order valence-corrected chi connectivity index (χ4v) is 5.31. The summed E-state index contributed by atoms with van der Waals surface area (Å²) in [7, 11) is 0. The topological polar surface area (TPSA) is 51.0 Å². The summed E-state index contributed by atoms with van der Waals surface area (Å²) in [6.07, 6.45) is 2.86. The normalized spacial score (nSPS) is 16.1. The van der Waals surface area contributed by atoms with Crippen molar-refractivity contribution in [3.05, 3.63) is 64.7 Å². The van der Waals surface area contributed by atoms with Gasteiger partial charge in [-0.15, -0.1) is 10.2 Å². The van der Waals surface area contributed by atoms with Crippen LogP contribution in [0.3, 0.4) is 0 Å². The first-order valence-electron chi connectivity index (χ1n) is 10.7.